The van der Waals surface area contributed by atoms with Gasteiger partial charge >= 0.3 is 0 Å². The van der Waals surface area contributed by atoms with Crippen molar-refractivity contribution in [3.63, 3.8) is 0 Å². The molecule has 0 bridgehead atoms. The van der Waals surface area contributed by atoms with E-state index in [0.717, 1.165) is 116 Å². The number of nitrogens with one attached hydrogen (secondary N) is 1. The summed E-state index contributed by atoms with van der Waals surface area (Å²) in [6.45, 7) is 4.18. The van der Waals surface area contributed by atoms with E-state index in [9.17, 15) is 15.0 Å². The first kappa shape index (κ1) is 73.0. The van der Waals surface area contributed by atoms with Gasteiger partial charge < -0.3 is 15.5 Å². The Morgan fingerprint density at radius 2 is 0.584 bits per heavy atom. The van der Waals surface area contributed by atoms with Crippen molar-refractivity contribution < 1.29 is 15.0 Å². The fraction of sp³-hybridized carbons (Fsp3) is 0.630. The number of hydrogen-bond donors (Lipinski definition) is 3. The molecule has 0 aliphatic carbocycles. The quantitative estimate of drug-likeness (QED) is 0.0420. The molecule has 0 heterocycles. The standard InChI is InChI=1S/C73H121NO3/c1-3-5-7-9-11-13-15-17-19-21-23-25-27-29-31-32-33-34-35-36-37-38-39-40-41-42-43-45-47-49-51-53-55-57-59-61-63-65-67-69-73(77)74-71(70-75)72(76)68-66-64-62-60-58-56-54-52-50-48-46-44-30-28-26-24-22-20-18-16-14-12-10-8-6-4-2/h5,7,11,13,17,19,23,25,29,31,33-34,36-37,39-40,42-43,47,49,53,55,58,60,66,68,71-72,75-76H,3-4,6,8-10,12,14-16,18,20-22,24,26-28,30,32,35,38,41,44-46,48,50-52,54,56-57,59,61-65,67,69-70H2,1-2H3,(H,74,77)/b7-5-,13-11-,19-17-,25-23-,31-29-,34-33-,37-36-,40-39-,43-42-,49-47-,55-53-,60-58+,68-66+. The Kier molecular flexibility index (Phi) is 62.9. The van der Waals surface area contributed by atoms with E-state index in [2.05, 4.69) is 165 Å². The summed E-state index contributed by atoms with van der Waals surface area (Å²) in [7, 11) is 0. The summed E-state index contributed by atoms with van der Waals surface area (Å²) in [6, 6.07) is -0.663. The first-order valence-electron chi connectivity index (χ1n) is 32.2. The molecule has 0 aromatic heterocycles. The van der Waals surface area contributed by atoms with Gasteiger partial charge in [0.05, 0.1) is 18.8 Å². The molecule has 0 aromatic rings. The molecule has 0 saturated heterocycles. The maximum atomic E-state index is 12.5. The molecule has 0 saturated carbocycles. The second kappa shape index (κ2) is 66.3. The minimum absolute atomic E-state index is 0.0971. The van der Waals surface area contributed by atoms with Gasteiger partial charge in [-0.1, -0.05) is 313 Å². The second-order valence-corrected chi connectivity index (χ2v) is 21.1. The molecule has 0 aliphatic rings. The third-order valence-electron chi connectivity index (χ3n) is 13.7. The van der Waals surface area contributed by atoms with E-state index < -0.39 is 12.1 Å². The Labute approximate surface area is 477 Å². The number of hydrogen-bond acceptors (Lipinski definition) is 3. The molecule has 0 fully saturated rings. The Morgan fingerprint density at radius 3 is 0.909 bits per heavy atom. The molecule has 436 valence electrons. The number of carbonyl (C=O) groups excluding carboxylic acids is 1. The zero-order chi connectivity index (χ0) is 55.5. The summed E-state index contributed by atoms with van der Waals surface area (Å²) >= 11 is 0. The van der Waals surface area contributed by atoms with Crippen LogP contribution >= 0.6 is 0 Å². The minimum atomic E-state index is -0.884. The van der Waals surface area contributed by atoms with Crippen LogP contribution in [-0.4, -0.2) is 34.9 Å². The summed E-state index contributed by atoms with van der Waals surface area (Å²) in [4.78, 5) is 12.5. The normalized spacial score (nSPS) is 13.9. The lowest BCUT2D eigenvalue weighted by molar-refractivity contribution is -0.123. The van der Waals surface area contributed by atoms with Gasteiger partial charge in [0.2, 0.25) is 5.91 Å². The van der Waals surface area contributed by atoms with Gasteiger partial charge in [0.15, 0.2) is 0 Å². The van der Waals surface area contributed by atoms with Crippen molar-refractivity contribution in [2.75, 3.05) is 6.61 Å². The summed E-state index contributed by atoms with van der Waals surface area (Å²) in [5, 5.41) is 23.2. The molecule has 4 heteroatoms. The van der Waals surface area contributed by atoms with Crippen molar-refractivity contribution in [2.24, 2.45) is 0 Å². The van der Waals surface area contributed by atoms with Crippen LogP contribution in [0.1, 0.15) is 277 Å². The molecular weight excluding hydrogens is 939 g/mol. The number of aliphatic hydroxyl groups excluding tert-OH is 2. The van der Waals surface area contributed by atoms with Crippen LogP contribution in [0.15, 0.2) is 158 Å². The fourth-order valence-corrected chi connectivity index (χ4v) is 8.91. The average molecular weight is 1060 g/mol. The topological polar surface area (TPSA) is 69.6 Å². The summed E-state index contributed by atoms with van der Waals surface area (Å²) in [5.41, 5.74) is 0. The number of allylic oxidation sites excluding steroid dienone is 25. The van der Waals surface area contributed by atoms with Crippen LogP contribution in [0.25, 0.3) is 0 Å². The van der Waals surface area contributed by atoms with Gasteiger partial charge in [-0.25, -0.2) is 0 Å². The zero-order valence-electron chi connectivity index (χ0n) is 50.2. The zero-order valence-corrected chi connectivity index (χ0v) is 50.2. The Morgan fingerprint density at radius 1 is 0.325 bits per heavy atom. The monoisotopic (exact) mass is 1060 g/mol. The lowest BCUT2D eigenvalue weighted by Gasteiger charge is -2.19. The van der Waals surface area contributed by atoms with Crippen molar-refractivity contribution >= 4 is 5.91 Å². The van der Waals surface area contributed by atoms with Crippen molar-refractivity contribution in [3.05, 3.63) is 158 Å². The first-order chi connectivity index (χ1) is 38.2. The highest BCUT2D eigenvalue weighted by molar-refractivity contribution is 5.76. The predicted molar refractivity (Wildman–Crippen MR) is 344 cm³/mol. The number of rotatable bonds is 57. The van der Waals surface area contributed by atoms with Gasteiger partial charge in [-0.2, -0.15) is 0 Å². The van der Waals surface area contributed by atoms with Crippen LogP contribution in [0.5, 0.6) is 0 Å². The maximum Gasteiger partial charge on any atom is 0.220 e. The highest BCUT2D eigenvalue weighted by Crippen LogP contribution is 2.16. The predicted octanol–water partition coefficient (Wildman–Crippen LogP) is 22.1. The van der Waals surface area contributed by atoms with Crippen LogP contribution in [0.2, 0.25) is 0 Å². The first-order valence-corrected chi connectivity index (χ1v) is 32.2. The van der Waals surface area contributed by atoms with Gasteiger partial charge in [0, 0.05) is 6.42 Å². The van der Waals surface area contributed by atoms with E-state index >= 15 is 0 Å². The van der Waals surface area contributed by atoms with Gasteiger partial charge in [0.1, 0.15) is 0 Å². The molecule has 2 unspecified atom stereocenters. The van der Waals surface area contributed by atoms with Gasteiger partial charge in [-0.05, 0) is 116 Å². The maximum absolute atomic E-state index is 12.5. The number of unbranched alkanes of at least 4 members (excludes halogenated alkanes) is 26. The Bertz CT molecular complexity index is 1630. The van der Waals surface area contributed by atoms with Crippen LogP contribution in [0.4, 0.5) is 0 Å². The molecule has 77 heavy (non-hydrogen) atoms. The number of amides is 1. The van der Waals surface area contributed by atoms with Gasteiger partial charge in [-0.3, -0.25) is 4.79 Å². The average Bonchev–Trinajstić information content (AvgIpc) is 3.43. The molecule has 1 amide bonds. The summed E-state index contributed by atoms with van der Waals surface area (Å²) in [6.07, 6.45) is 106. The smallest absolute Gasteiger partial charge is 0.220 e. The SMILES string of the molecule is CC/C=C\C/C=C\C/C=C\C/C=C\C/C=C\C/C=C\C/C=C\C/C=C\C/C=C\C/C=C\C/C=C\CCCCCCCC(=O)NC(CO)C(O)/C=C/CC/C=C/CCCCCCCCCCCCCCCCCCCCCC. The van der Waals surface area contributed by atoms with Gasteiger partial charge in [0.25, 0.3) is 0 Å². The molecule has 2 atom stereocenters. The molecule has 0 radical (unpaired) electrons. The lowest BCUT2D eigenvalue weighted by Crippen LogP contribution is -2.45. The van der Waals surface area contributed by atoms with Crippen LogP contribution < -0.4 is 5.32 Å². The second-order valence-electron chi connectivity index (χ2n) is 21.1. The highest BCUT2D eigenvalue weighted by Gasteiger charge is 2.18. The molecule has 0 aliphatic heterocycles. The van der Waals surface area contributed by atoms with E-state index in [0.29, 0.717) is 6.42 Å². The minimum Gasteiger partial charge on any atom is -0.394 e. The highest BCUT2D eigenvalue weighted by atomic mass is 16.3. The van der Waals surface area contributed by atoms with Crippen molar-refractivity contribution in [2.45, 2.75) is 289 Å². The molecule has 4 nitrogen and oxygen atoms in total. The lowest BCUT2D eigenvalue weighted by atomic mass is 10.0. The number of aliphatic hydroxyl groups is 2. The van der Waals surface area contributed by atoms with Crippen LogP contribution in [0, 0.1) is 0 Å². The van der Waals surface area contributed by atoms with E-state index in [4.69, 9.17) is 0 Å². The van der Waals surface area contributed by atoms with E-state index in [1.54, 1.807) is 6.08 Å². The van der Waals surface area contributed by atoms with E-state index in [1.807, 2.05) is 6.08 Å². The summed E-state index contributed by atoms with van der Waals surface area (Å²) in [5.74, 6) is -0.0971. The molecule has 0 rings (SSSR count). The van der Waals surface area contributed by atoms with E-state index in [-0.39, 0.29) is 12.5 Å². The van der Waals surface area contributed by atoms with Crippen molar-refractivity contribution in [1.82, 2.24) is 5.32 Å². The van der Waals surface area contributed by atoms with Gasteiger partial charge in [-0.15, -0.1) is 0 Å². The third kappa shape index (κ3) is 62.7. The van der Waals surface area contributed by atoms with Crippen LogP contribution in [0.3, 0.4) is 0 Å². The third-order valence-corrected chi connectivity index (χ3v) is 13.7. The largest absolute Gasteiger partial charge is 0.394 e. The van der Waals surface area contributed by atoms with Crippen LogP contribution in [-0.2, 0) is 4.79 Å². The molecular formula is C73H121NO3. The number of carbonyl (C=O) groups is 1. The molecule has 3 N–H and O–H groups in total. The summed E-state index contributed by atoms with van der Waals surface area (Å²) < 4.78 is 0. The Balaban J connectivity index is 3.67. The van der Waals surface area contributed by atoms with E-state index in [1.165, 1.54) is 141 Å². The van der Waals surface area contributed by atoms with Crippen molar-refractivity contribution in [1.29, 1.82) is 0 Å². The Hall–Kier alpha value is -3.99. The van der Waals surface area contributed by atoms with Crippen molar-refractivity contribution in [3.8, 4) is 0 Å². The molecule has 0 spiro atoms. The molecule has 0 aromatic carbocycles. The fourth-order valence-electron chi connectivity index (χ4n) is 8.91.